The molecule has 9 heteroatoms. The van der Waals surface area contributed by atoms with Gasteiger partial charge < -0.3 is 20.2 Å². The van der Waals surface area contributed by atoms with E-state index in [1.165, 1.54) is 7.11 Å². The number of benzene rings is 2. The average Bonchev–Trinajstić information content (AvgIpc) is 3.16. The number of carbonyl (C=O) groups is 2. The molecule has 3 rings (SSSR count). The van der Waals surface area contributed by atoms with Crippen LogP contribution in [0.4, 0.5) is 5.82 Å². The molecule has 1 amide bonds. The van der Waals surface area contributed by atoms with Gasteiger partial charge in [0.15, 0.2) is 5.69 Å². The predicted octanol–water partition coefficient (Wildman–Crippen LogP) is 2.97. The molecule has 0 atom stereocenters. The maximum atomic E-state index is 12.2. The maximum absolute atomic E-state index is 12.2. The SMILES string of the molecule is CCc1nc([N+](=O)[O-])c(-c2ccc(C(=O)NCC(=O)OC)cc2)n1Cc1ccccc1. The molecule has 0 radical (unpaired) electrons. The van der Waals surface area contributed by atoms with Crippen LogP contribution < -0.4 is 5.32 Å². The van der Waals surface area contributed by atoms with Crippen molar-refractivity contribution in [2.24, 2.45) is 0 Å². The molecule has 0 spiro atoms. The Hall–Kier alpha value is -4.01. The number of nitrogens with one attached hydrogen (secondary N) is 1. The molecule has 0 aliphatic heterocycles. The number of nitrogens with zero attached hydrogens (tertiary/aromatic N) is 3. The number of nitro groups is 1. The number of rotatable bonds is 8. The fraction of sp³-hybridized carbons (Fsp3) is 0.227. The van der Waals surface area contributed by atoms with Gasteiger partial charge >= 0.3 is 11.8 Å². The summed E-state index contributed by atoms with van der Waals surface area (Å²) in [6, 6.07) is 16.0. The third-order valence-electron chi connectivity index (χ3n) is 4.74. The number of hydrogen-bond acceptors (Lipinski definition) is 6. The maximum Gasteiger partial charge on any atom is 0.390 e. The highest BCUT2D eigenvalue weighted by Gasteiger charge is 2.28. The first-order chi connectivity index (χ1) is 14.9. The Labute approximate surface area is 178 Å². The normalized spacial score (nSPS) is 10.5. The fourth-order valence-electron chi connectivity index (χ4n) is 3.21. The molecular formula is C22H22N4O5. The minimum absolute atomic E-state index is 0.226. The number of aryl methyl sites for hydroxylation is 1. The van der Waals surface area contributed by atoms with E-state index in [4.69, 9.17) is 0 Å². The molecule has 1 heterocycles. The van der Waals surface area contributed by atoms with E-state index in [2.05, 4.69) is 15.0 Å². The topological polar surface area (TPSA) is 116 Å². The second-order valence-corrected chi connectivity index (χ2v) is 6.72. The Morgan fingerprint density at radius 1 is 1.13 bits per heavy atom. The highest BCUT2D eigenvalue weighted by Crippen LogP contribution is 2.32. The molecule has 0 bridgehead atoms. The summed E-state index contributed by atoms with van der Waals surface area (Å²) < 4.78 is 6.33. The Kier molecular flexibility index (Phi) is 6.76. The molecule has 1 N–H and O–H groups in total. The van der Waals surface area contributed by atoms with E-state index < -0.39 is 16.8 Å². The molecule has 31 heavy (non-hydrogen) atoms. The number of amides is 1. The van der Waals surface area contributed by atoms with Crippen molar-refractivity contribution in [3.05, 3.63) is 81.7 Å². The smallest absolute Gasteiger partial charge is 0.390 e. The van der Waals surface area contributed by atoms with Gasteiger partial charge in [-0.1, -0.05) is 49.4 Å². The van der Waals surface area contributed by atoms with Crippen molar-refractivity contribution in [3.8, 4) is 11.3 Å². The Balaban J connectivity index is 1.97. The molecule has 0 aliphatic rings. The zero-order valence-corrected chi connectivity index (χ0v) is 17.2. The van der Waals surface area contributed by atoms with E-state index in [0.29, 0.717) is 35.6 Å². The van der Waals surface area contributed by atoms with E-state index in [9.17, 15) is 19.7 Å². The largest absolute Gasteiger partial charge is 0.468 e. The summed E-state index contributed by atoms with van der Waals surface area (Å²) in [6.07, 6.45) is 0.529. The summed E-state index contributed by atoms with van der Waals surface area (Å²) >= 11 is 0. The molecule has 0 fully saturated rings. The quantitative estimate of drug-likeness (QED) is 0.339. The van der Waals surface area contributed by atoms with Gasteiger partial charge in [0.1, 0.15) is 6.54 Å². The highest BCUT2D eigenvalue weighted by molar-refractivity contribution is 5.96. The lowest BCUT2D eigenvalue weighted by molar-refractivity contribution is -0.388. The molecule has 2 aromatic carbocycles. The van der Waals surface area contributed by atoms with Crippen molar-refractivity contribution < 1.29 is 19.2 Å². The molecule has 160 valence electrons. The van der Waals surface area contributed by atoms with Crippen LogP contribution in [0.15, 0.2) is 54.6 Å². The second kappa shape index (κ2) is 9.66. The number of methoxy groups -OCH3 is 1. The minimum Gasteiger partial charge on any atom is -0.468 e. The van der Waals surface area contributed by atoms with Gasteiger partial charge in [0.05, 0.1) is 13.7 Å². The van der Waals surface area contributed by atoms with Crippen LogP contribution >= 0.6 is 0 Å². The van der Waals surface area contributed by atoms with Crippen LogP contribution in [0.5, 0.6) is 0 Å². The number of imidazole rings is 1. The monoisotopic (exact) mass is 422 g/mol. The van der Waals surface area contributed by atoms with Crippen LogP contribution in [-0.2, 0) is 22.5 Å². The fourth-order valence-corrected chi connectivity index (χ4v) is 3.21. The summed E-state index contributed by atoms with van der Waals surface area (Å²) in [4.78, 5) is 38.9. The number of hydrogen-bond donors (Lipinski definition) is 1. The van der Waals surface area contributed by atoms with Gasteiger partial charge in [-0.05, 0) is 27.6 Å². The standard InChI is InChI=1S/C22H22N4O5/c1-3-18-24-21(26(29)30)20(25(18)14-15-7-5-4-6-8-15)16-9-11-17(12-10-16)22(28)23-13-19(27)31-2/h4-12H,3,13-14H2,1-2H3,(H,23,28). The Morgan fingerprint density at radius 2 is 1.81 bits per heavy atom. The van der Waals surface area contributed by atoms with Gasteiger partial charge in [0, 0.05) is 17.5 Å². The van der Waals surface area contributed by atoms with Crippen LogP contribution in [-0.4, -0.2) is 40.0 Å². The van der Waals surface area contributed by atoms with Crippen LogP contribution in [0.1, 0.15) is 28.7 Å². The van der Waals surface area contributed by atoms with Crippen molar-refractivity contribution in [1.29, 1.82) is 0 Å². The molecule has 0 saturated carbocycles. The molecule has 9 nitrogen and oxygen atoms in total. The van der Waals surface area contributed by atoms with Crippen LogP contribution in [0.3, 0.4) is 0 Å². The van der Waals surface area contributed by atoms with Crippen LogP contribution in [0.2, 0.25) is 0 Å². The first-order valence-corrected chi connectivity index (χ1v) is 9.67. The van der Waals surface area contributed by atoms with Gasteiger partial charge in [0.25, 0.3) is 5.91 Å². The minimum atomic E-state index is -0.558. The van der Waals surface area contributed by atoms with Gasteiger partial charge in [-0.25, -0.2) is 0 Å². The molecule has 3 aromatic rings. The predicted molar refractivity (Wildman–Crippen MR) is 114 cm³/mol. The molecule has 0 unspecified atom stereocenters. The van der Waals surface area contributed by atoms with E-state index in [0.717, 1.165) is 5.56 Å². The van der Waals surface area contributed by atoms with Crippen molar-refractivity contribution in [1.82, 2.24) is 14.9 Å². The summed E-state index contributed by atoms with van der Waals surface area (Å²) in [6.45, 7) is 2.08. The lowest BCUT2D eigenvalue weighted by atomic mass is 10.1. The number of ether oxygens (including phenoxy) is 1. The van der Waals surface area contributed by atoms with Gasteiger partial charge in [-0.2, -0.15) is 0 Å². The lowest BCUT2D eigenvalue weighted by Gasteiger charge is -2.10. The van der Waals surface area contributed by atoms with E-state index in [1.807, 2.05) is 41.8 Å². The summed E-state index contributed by atoms with van der Waals surface area (Å²) in [5, 5.41) is 14.2. The molecular weight excluding hydrogens is 400 g/mol. The number of aromatic nitrogens is 2. The van der Waals surface area contributed by atoms with Gasteiger partial charge in [-0.15, -0.1) is 0 Å². The zero-order valence-electron chi connectivity index (χ0n) is 17.2. The molecule has 0 saturated heterocycles. The second-order valence-electron chi connectivity index (χ2n) is 6.72. The number of esters is 1. The van der Waals surface area contributed by atoms with E-state index >= 15 is 0 Å². The van der Waals surface area contributed by atoms with Crippen molar-refractivity contribution in [2.75, 3.05) is 13.7 Å². The Bertz CT molecular complexity index is 1090. The van der Waals surface area contributed by atoms with Gasteiger partial charge in [-0.3, -0.25) is 14.2 Å². The number of carbonyl (C=O) groups excluding carboxylic acids is 2. The van der Waals surface area contributed by atoms with Gasteiger partial charge in [0.2, 0.25) is 5.82 Å². The zero-order chi connectivity index (χ0) is 22.4. The summed E-state index contributed by atoms with van der Waals surface area (Å²) in [5.41, 5.74) is 2.26. The first kappa shape index (κ1) is 21.7. The summed E-state index contributed by atoms with van der Waals surface area (Å²) in [5.74, 6) is -0.628. The molecule has 0 aliphatic carbocycles. The van der Waals surface area contributed by atoms with Crippen molar-refractivity contribution >= 4 is 17.7 Å². The molecule has 1 aromatic heterocycles. The third-order valence-corrected chi connectivity index (χ3v) is 4.74. The summed E-state index contributed by atoms with van der Waals surface area (Å²) in [7, 11) is 1.24. The average molecular weight is 422 g/mol. The van der Waals surface area contributed by atoms with Crippen LogP contribution in [0, 0.1) is 10.1 Å². The van der Waals surface area contributed by atoms with Crippen molar-refractivity contribution in [2.45, 2.75) is 19.9 Å². The van der Waals surface area contributed by atoms with E-state index in [-0.39, 0.29) is 12.4 Å². The van der Waals surface area contributed by atoms with Crippen molar-refractivity contribution in [3.63, 3.8) is 0 Å². The van der Waals surface area contributed by atoms with E-state index in [1.54, 1.807) is 24.3 Å². The first-order valence-electron chi connectivity index (χ1n) is 9.67. The Morgan fingerprint density at radius 3 is 2.39 bits per heavy atom. The highest BCUT2D eigenvalue weighted by atomic mass is 16.6. The lowest BCUT2D eigenvalue weighted by Crippen LogP contribution is -2.30. The third kappa shape index (κ3) is 4.95. The van der Waals surface area contributed by atoms with Crippen LogP contribution in [0.25, 0.3) is 11.3 Å².